The van der Waals surface area contributed by atoms with Crippen molar-refractivity contribution in [2.75, 3.05) is 42.5 Å². The molecule has 0 radical (unpaired) electrons. The molecule has 0 N–H and O–H groups in total. The largest absolute Gasteiger partial charge is 0.368 e. The summed E-state index contributed by atoms with van der Waals surface area (Å²) in [5, 5.41) is 9.98. The van der Waals surface area contributed by atoms with Crippen molar-refractivity contribution in [3.05, 3.63) is 59.1 Å². The second-order valence-corrected chi connectivity index (χ2v) is 7.02. The highest BCUT2D eigenvalue weighted by Gasteiger charge is 2.25. The smallest absolute Gasteiger partial charge is 0.242 e. The van der Waals surface area contributed by atoms with Crippen molar-refractivity contribution in [2.24, 2.45) is 0 Å². The molecular weight excluding hydrogens is 376 g/mol. The average molecular weight is 397 g/mol. The maximum absolute atomic E-state index is 12.8. The lowest BCUT2D eigenvalue weighted by molar-refractivity contribution is -0.131. The minimum atomic E-state index is -0.270. The number of nitriles is 1. The lowest BCUT2D eigenvalue weighted by atomic mass is 10.1. The van der Waals surface area contributed by atoms with Gasteiger partial charge in [0.2, 0.25) is 11.8 Å². The van der Waals surface area contributed by atoms with Gasteiger partial charge in [0.25, 0.3) is 0 Å². The van der Waals surface area contributed by atoms with Crippen LogP contribution in [0.3, 0.4) is 0 Å². The van der Waals surface area contributed by atoms with Gasteiger partial charge in [-0.25, -0.2) is 0 Å². The number of anilines is 2. The van der Waals surface area contributed by atoms with E-state index in [9.17, 15) is 14.9 Å². The van der Waals surface area contributed by atoms with E-state index in [0.717, 1.165) is 5.69 Å². The van der Waals surface area contributed by atoms with Crippen LogP contribution in [0.5, 0.6) is 0 Å². The first kappa shape index (κ1) is 19.7. The molecule has 2 aromatic rings. The number of benzene rings is 2. The summed E-state index contributed by atoms with van der Waals surface area (Å²) in [5.41, 5.74) is 1.87. The van der Waals surface area contributed by atoms with Crippen LogP contribution < -0.4 is 9.80 Å². The van der Waals surface area contributed by atoms with Crippen LogP contribution in [-0.4, -0.2) is 49.4 Å². The van der Waals surface area contributed by atoms with Gasteiger partial charge in [-0.15, -0.1) is 0 Å². The number of hydrogen-bond acceptors (Lipinski definition) is 4. The zero-order valence-electron chi connectivity index (χ0n) is 15.6. The van der Waals surface area contributed by atoms with Crippen LogP contribution in [-0.2, 0) is 9.59 Å². The highest BCUT2D eigenvalue weighted by Crippen LogP contribution is 2.22. The first-order chi connectivity index (χ1) is 13.5. The molecule has 1 saturated heterocycles. The Morgan fingerprint density at radius 1 is 1.11 bits per heavy atom. The van der Waals surface area contributed by atoms with Crippen molar-refractivity contribution < 1.29 is 9.59 Å². The Hall–Kier alpha value is -3.04. The summed E-state index contributed by atoms with van der Waals surface area (Å²) in [6.45, 7) is 3.85. The van der Waals surface area contributed by atoms with E-state index in [4.69, 9.17) is 11.6 Å². The molecule has 0 atom stereocenters. The molecule has 0 bridgehead atoms. The highest BCUT2D eigenvalue weighted by atomic mass is 35.5. The lowest BCUT2D eigenvalue weighted by Crippen LogP contribution is -2.52. The van der Waals surface area contributed by atoms with Gasteiger partial charge in [0.15, 0.2) is 0 Å². The number of carbonyl (C=O) groups excluding carboxylic acids is 2. The van der Waals surface area contributed by atoms with E-state index in [0.29, 0.717) is 42.5 Å². The minimum Gasteiger partial charge on any atom is -0.368 e. The van der Waals surface area contributed by atoms with Crippen LogP contribution in [0.1, 0.15) is 12.5 Å². The predicted octanol–water partition coefficient (Wildman–Crippen LogP) is 2.91. The molecule has 1 aliphatic heterocycles. The molecule has 2 aromatic carbocycles. The topological polar surface area (TPSA) is 67.7 Å². The molecule has 144 valence electrons. The van der Waals surface area contributed by atoms with Crippen molar-refractivity contribution in [3.8, 4) is 6.07 Å². The molecule has 7 heteroatoms. The standard InChI is InChI=1S/C21H21ClN4O2/c1-16(27)26(20-8-3-2-5-17(20)14-23)15-21(28)25-11-9-24(10-12-25)19-7-4-6-18(22)13-19/h2-8,13H,9-12,15H2,1H3. The zero-order valence-corrected chi connectivity index (χ0v) is 16.4. The first-order valence-corrected chi connectivity index (χ1v) is 9.43. The van der Waals surface area contributed by atoms with E-state index < -0.39 is 0 Å². The van der Waals surface area contributed by atoms with Crippen molar-refractivity contribution in [3.63, 3.8) is 0 Å². The van der Waals surface area contributed by atoms with Crippen LogP contribution in [0.2, 0.25) is 5.02 Å². The van der Waals surface area contributed by atoms with E-state index in [2.05, 4.69) is 11.0 Å². The van der Waals surface area contributed by atoms with Gasteiger partial charge in [-0.2, -0.15) is 5.26 Å². The average Bonchev–Trinajstić information content (AvgIpc) is 2.71. The Bertz CT molecular complexity index is 917. The molecule has 1 heterocycles. The Morgan fingerprint density at radius 3 is 2.46 bits per heavy atom. The lowest BCUT2D eigenvalue weighted by Gasteiger charge is -2.37. The van der Waals surface area contributed by atoms with E-state index in [1.165, 1.54) is 11.8 Å². The summed E-state index contributed by atoms with van der Waals surface area (Å²) < 4.78 is 0. The van der Waals surface area contributed by atoms with Crippen LogP contribution in [0.15, 0.2) is 48.5 Å². The Labute approximate surface area is 169 Å². The molecular formula is C21H21ClN4O2. The number of hydrogen-bond donors (Lipinski definition) is 0. The molecule has 28 heavy (non-hydrogen) atoms. The Kier molecular flexibility index (Phi) is 6.17. The number of halogens is 1. The third-order valence-electron chi connectivity index (χ3n) is 4.79. The summed E-state index contributed by atoms with van der Waals surface area (Å²) >= 11 is 6.06. The predicted molar refractivity (Wildman–Crippen MR) is 109 cm³/mol. The molecule has 0 aromatic heterocycles. The first-order valence-electron chi connectivity index (χ1n) is 9.05. The number of piperazine rings is 1. The van der Waals surface area contributed by atoms with Crippen LogP contribution in [0.25, 0.3) is 0 Å². The summed E-state index contributed by atoms with van der Waals surface area (Å²) in [5.74, 6) is -0.401. The van der Waals surface area contributed by atoms with E-state index >= 15 is 0 Å². The Balaban J connectivity index is 1.66. The number of rotatable bonds is 4. The van der Waals surface area contributed by atoms with Crippen molar-refractivity contribution in [2.45, 2.75) is 6.92 Å². The van der Waals surface area contributed by atoms with Crippen LogP contribution in [0, 0.1) is 11.3 Å². The summed E-state index contributed by atoms with van der Waals surface area (Å²) in [4.78, 5) is 30.2. The van der Waals surface area contributed by atoms with E-state index in [1.807, 2.05) is 24.3 Å². The molecule has 3 rings (SSSR count). The fourth-order valence-corrected chi connectivity index (χ4v) is 3.48. The Morgan fingerprint density at radius 2 is 1.82 bits per heavy atom. The van der Waals surface area contributed by atoms with Gasteiger partial charge in [0, 0.05) is 43.8 Å². The fraction of sp³-hybridized carbons (Fsp3) is 0.286. The maximum atomic E-state index is 12.8. The fourth-order valence-electron chi connectivity index (χ4n) is 3.29. The molecule has 0 spiro atoms. The molecule has 2 amide bonds. The molecule has 0 unspecified atom stereocenters. The van der Waals surface area contributed by atoms with Crippen molar-refractivity contribution >= 4 is 34.8 Å². The molecule has 6 nitrogen and oxygen atoms in total. The third kappa shape index (κ3) is 4.44. The van der Waals surface area contributed by atoms with Crippen LogP contribution in [0.4, 0.5) is 11.4 Å². The van der Waals surface area contributed by atoms with Gasteiger partial charge >= 0.3 is 0 Å². The summed E-state index contributed by atoms with van der Waals surface area (Å²) in [6.07, 6.45) is 0. The number of carbonyl (C=O) groups is 2. The van der Waals surface area contributed by atoms with Gasteiger partial charge in [-0.05, 0) is 30.3 Å². The maximum Gasteiger partial charge on any atom is 0.242 e. The van der Waals surface area contributed by atoms with E-state index in [1.54, 1.807) is 29.2 Å². The van der Waals surface area contributed by atoms with Crippen LogP contribution >= 0.6 is 11.6 Å². The minimum absolute atomic E-state index is 0.0782. The zero-order chi connectivity index (χ0) is 20.1. The van der Waals surface area contributed by atoms with Crippen molar-refractivity contribution in [1.82, 2.24) is 4.90 Å². The van der Waals surface area contributed by atoms with Gasteiger partial charge < -0.3 is 14.7 Å². The van der Waals surface area contributed by atoms with Gasteiger partial charge in [0.1, 0.15) is 12.6 Å². The molecule has 0 aliphatic carbocycles. The number of para-hydroxylation sites is 1. The molecule has 0 saturated carbocycles. The monoisotopic (exact) mass is 396 g/mol. The molecule has 1 fully saturated rings. The SMILES string of the molecule is CC(=O)N(CC(=O)N1CCN(c2cccc(Cl)c2)CC1)c1ccccc1C#N. The second kappa shape index (κ2) is 8.77. The van der Waals surface area contributed by atoms with Crippen molar-refractivity contribution in [1.29, 1.82) is 5.26 Å². The van der Waals surface area contributed by atoms with E-state index in [-0.39, 0.29) is 18.4 Å². The summed E-state index contributed by atoms with van der Waals surface area (Å²) in [6, 6.07) is 16.5. The normalized spacial score (nSPS) is 13.8. The van der Waals surface area contributed by atoms with Gasteiger partial charge in [-0.3, -0.25) is 9.59 Å². The molecule has 1 aliphatic rings. The third-order valence-corrected chi connectivity index (χ3v) is 5.03. The van der Waals surface area contributed by atoms with Gasteiger partial charge in [-0.1, -0.05) is 29.8 Å². The second-order valence-electron chi connectivity index (χ2n) is 6.58. The highest BCUT2D eigenvalue weighted by molar-refractivity contribution is 6.30. The van der Waals surface area contributed by atoms with Gasteiger partial charge in [0.05, 0.1) is 11.3 Å². The summed E-state index contributed by atoms with van der Waals surface area (Å²) in [7, 11) is 0. The number of nitrogens with zero attached hydrogens (tertiary/aromatic N) is 4. The number of amides is 2. The quantitative estimate of drug-likeness (QED) is 0.796.